The first-order valence-electron chi connectivity index (χ1n) is 9.82. The van der Waals surface area contributed by atoms with Crippen LogP contribution in [0, 0.1) is 0 Å². The molecule has 0 aliphatic carbocycles. The molecular formula is C23H31NO. The Bertz CT molecular complexity index is 598. The molecule has 1 N–H and O–H groups in total. The zero-order valence-electron chi connectivity index (χ0n) is 15.2. The number of aliphatic hydroxyl groups excluding tert-OH is 1. The summed E-state index contributed by atoms with van der Waals surface area (Å²) >= 11 is 0. The van der Waals surface area contributed by atoms with Crippen molar-refractivity contribution in [1.29, 1.82) is 0 Å². The summed E-state index contributed by atoms with van der Waals surface area (Å²) in [5, 5.41) is 10.0. The molecule has 134 valence electrons. The number of rotatable bonds is 8. The van der Waals surface area contributed by atoms with Gasteiger partial charge in [0.2, 0.25) is 0 Å². The molecule has 3 rings (SSSR count). The fraction of sp³-hybridized carbons (Fsp3) is 0.478. The molecule has 2 nitrogen and oxygen atoms in total. The normalized spacial score (nSPS) is 19.6. The van der Waals surface area contributed by atoms with E-state index in [0.29, 0.717) is 6.04 Å². The Balaban J connectivity index is 1.55. The van der Waals surface area contributed by atoms with Gasteiger partial charge in [-0.05, 0) is 56.3 Å². The van der Waals surface area contributed by atoms with Crippen LogP contribution in [-0.2, 0) is 6.42 Å². The van der Waals surface area contributed by atoms with Crippen LogP contribution in [0.4, 0.5) is 0 Å². The molecule has 25 heavy (non-hydrogen) atoms. The van der Waals surface area contributed by atoms with Crippen LogP contribution in [0.25, 0.3) is 0 Å². The van der Waals surface area contributed by atoms with Crippen molar-refractivity contribution in [2.45, 2.75) is 50.5 Å². The summed E-state index contributed by atoms with van der Waals surface area (Å²) in [7, 11) is 0. The van der Waals surface area contributed by atoms with Crippen LogP contribution in [-0.4, -0.2) is 35.7 Å². The number of aryl methyl sites for hydroxylation is 1. The quantitative estimate of drug-likeness (QED) is 0.709. The molecular weight excluding hydrogens is 306 g/mol. The van der Waals surface area contributed by atoms with Gasteiger partial charge < -0.3 is 5.11 Å². The third-order valence-corrected chi connectivity index (χ3v) is 5.56. The molecule has 1 fully saturated rings. The van der Waals surface area contributed by atoms with E-state index in [2.05, 4.69) is 65.6 Å². The summed E-state index contributed by atoms with van der Waals surface area (Å²) in [6.45, 7) is 2.58. The van der Waals surface area contributed by atoms with Crippen LogP contribution < -0.4 is 0 Å². The third kappa shape index (κ3) is 5.17. The van der Waals surface area contributed by atoms with Crippen molar-refractivity contribution in [3.8, 4) is 0 Å². The molecule has 0 bridgehead atoms. The Morgan fingerprint density at radius 2 is 1.64 bits per heavy atom. The van der Waals surface area contributed by atoms with Crippen molar-refractivity contribution in [3.63, 3.8) is 0 Å². The minimum atomic E-state index is 0.245. The van der Waals surface area contributed by atoms with Gasteiger partial charge in [0.05, 0.1) is 6.61 Å². The van der Waals surface area contributed by atoms with E-state index in [4.69, 9.17) is 0 Å². The van der Waals surface area contributed by atoms with Gasteiger partial charge in [-0.2, -0.15) is 0 Å². The van der Waals surface area contributed by atoms with Crippen molar-refractivity contribution in [1.82, 2.24) is 4.90 Å². The summed E-state index contributed by atoms with van der Waals surface area (Å²) < 4.78 is 0. The van der Waals surface area contributed by atoms with Crippen molar-refractivity contribution in [3.05, 3.63) is 71.8 Å². The third-order valence-electron chi connectivity index (χ3n) is 5.56. The van der Waals surface area contributed by atoms with Crippen LogP contribution in [0.2, 0.25) is 0 Å². The molecule has 0 aromatic heterocycles. The molecule has 0 amide bonds. The first kappa shape index (κ1) is 18.2. The van der Waals surface area contributed by atoms with E-state index in [9.17, 15) is 5.11 Å². The minimum absolute atomic E-state index is 0.245. The predicted octanol–water partition coefficient (Wildman–Crippen LogP) is 4.64. The SMILES string of the molecule is OCC(c1ccccc1)C1CCCCN1CCCCc1ccccc1. The average molecular weight is 338 g/mol. The second kappa shape index (κ2) is 9.74. The number of nitrogens with zero attached hydrogens (tertiary/aromatic N) is 1. The van der Waals surface area contributed by atoms with E-state index < -0.39 is 0 Å². The number of likely N-dealkylation sites (tertiary alicyclic amines) is 1. The minimum Gasteiger partial charge on any atom is -0.396 e. The maximum atomic E-state index is 10.0. The predicted molar refractivity (Wildman–Crippen MR) is 105 cm³/mol. The first-order chi connectivity index (χ1) is 12.4. The fourth-order valence-corrected chi connectivity index (χ4v) is 4.19. The van der Waals surface area contributed by atoms with Gasteiger partial charge in [-0.25, -0.2) is 0 Å². The molecule has 2 aromatic carbocycles. The largest absolute Gasteiger partial charge is 0.396 e. The maximum Gasteiger partial charge on any atom is 0.0514 e. The van der Waals surface area contributed by atoms with Gasteiger partial charge in [0.15, 0.2) is 0 Å². The van der Waals surface area contributed by atoms with Crippen molar-refractivity contribution in [2.75, 3.05) is 19.7 Å². The average Bonchev–Trinajstić information content (AvgIpc) is 2.68. The Kier molecular flexibility index (Phi) is 7.08. The van der Waals surface area contributed by atoms with Crippen molar-refractivity contribution < 1.29 is 5.11 Å². The highest BCUT2D eigenvalue weighted by atomic mass is 16.3. The number of hydrogen-bond donors (Lipinski definition) is 1. The second-order valence-corrected chi connectivity index (χ2v) is 7.24. The van der Waals surface area contributed by atoms with Gasteiger partial charge in [-0.15, -0.1) is 0 Å². The van der Waals surface area contributed by atoms with Crippen LogP contribution in [0.5, 0.6) is 0 Å². The summed E-state index contributed by atoms with van der Waals surface area (Å²) in [6.07, 6.45) is 7.43. The number of piperidine rings is 1. The molecule has 2 heteroatoms. The topological polar surface area (TPSA) is 23.5 Å². The van der Waals surface area contributed by atoms with E-state index in [1.807, 2.05) is 0 Å². The van der Waals surface area contributed by atoms with Gasteiger partial charge >= 0.3 is 0 Å². The number of benzene rings is 2. The van der Waals surface area contributed by atoms with E-state index in [1.165, 1.54) is 56.2 Å². The lowest BCUT2D eigenvalue weighted by atomic mass is 9.85. The lowest BCUT2D eigenvalue weighted by Crippen LogP contribution is -2.44. The van der Waals surface area contributed by atoms with Gasteiger partial charge in [-0.3, -0.25) is 4.90 Å². The van der Waals surface area contributed by atoms with Crippen LogP contribution in [0.3, 0.4) is 0 Å². The van der Waals surface area contributed by atoms with Gasteiger partial charge in [0, 0.05) is 12.0 Å². The van der Waals surface area contributed by atoms with Gasteiger partial charge in [0.1, 0.15) is 0 Å². The summed E-state index contributed by atoms with van der Waals surface area (Å²) in [5.41, 5.74) is 2.72. The lowest BCUT2D eigenvalue weighted by molar-refractivity contribution is 0.0971. The van der Waals surface area contributed by atoms with Crippen LogP contribution in [0.1, 0.15) is 49.1 Å². The van der Waals surface area contributed by atoms with E-state index >= 15 is 0 Å². The highest BCUT2D eigenvalue weighted by Crippen LogP contribution is 2.30. The van der Waals surface area contributed by atoms with Crippen molar-refractivity contribution in [2.24, 2.45) is 0 Å². The molecule has 0 radical (unpaired) electrons. The highest BCUT2D eigenvalue weighted by Gasteiger charge is 2.30. The Labute approximate surface area is 152 Å². The maximum absolute atomic E-state index is 10.0. The number of unbranched alkanes of at least 4 members (excludes halogenated alkanes) is 1. The standard InChI is InChI=1S/C23H31NO/c25-19-22(21-14-5-2-6-15-21)23-16-8-10-18-24(23)17-9-7-13-20-11-3-1-4-12-20/h1-6,11-12,14-15,22-23,25H,7-10,13,16-19H2. The van der Waals surface area contributed by atoms with Crippen molar-refractivity contribution >= 4 is 0 Å². The highest BCUT2D eigenvalue weighted by molar-refractivity contribution is 5.22. The molecule has 1 saturated heterocycles. The smallest absolute Gasteiger partial charge is 0.0514 e. The summed E-state index contributed by atoms with van der Waals surface area (Å²) in [4.78, 5) is 2.64. The molecule has 1 aliphatic heterocycles. The number of aliphatic hydroxyl groups is 1. The van der Waals surface area contributed by atoms with E-state index in [0.717, 1.165) is 6.54 Å². The Hall–Kier alpha value is -1.64. The molecule has 1 heterocycles. The fourth-order valence-electron chi connectivity index (χ4n) is 4.19. The molecule has 2 aromatic rings. The van der Waals surface area contributed by atoms with E-state index in [-0.39, 0.29) is 12.5 Å². The Morgan fingerprint density at radius 3 is 2.36 bits per heavy atom. The molecule has 1 aliphatic rings. The lowest BCUT2D eigenvalue weighted by Gasteiger charge is -2.40. The Morgan fingerprint density at radius 1 is 0.920 bits per heavy atom. The van der Waals surface area contributed by atoms with E-state index in [1.54, 1.807) is 0 Å². The first-order valence-corrected chi connectivity index (χ1v) is 9.82. The second-order valence-electron chi connectivity index (χ2n) is 7.24. The monoisotopic (exact) mass is 337 g/mol. The zero-order valence-corrected chi connectivity index (χ0v) is 15.2. The van der Waals surface area contributed by atoms with Crippen LogP contribution >= 0.6 is 0 Å². The van der Waals surface area contributed by atoms with Gasteiger partial charge in [0.25, 0.3) is 0 Å². The zero-order chi connectivity index (χ0) is 17.3. The van der Waals surface area contributed by atoms with Crippen LogP contribution in [0.15, 0.2) is 60.7 Å². The summed E-state index contributed by atoms with van der Waals surface area (Å²) in [6, 6.07) is 21.8. The molecule has 0 spiro atoms. The molecule has 0 saturated carbocycles. The van der Waals surface area contributed by atoms with Gasteiger partial charge in [-0.1, -0.05) is 67.1 Å². The number of hydrogen-bond acceptors (Lipinski definition) is 2. The summed E-state index contributed by atoms with van der Waals surface area (Å²) in [5.74, 6) is 0.246. The molecule has 2 atom stereocenters. The molecule has 2 unspecified atom stereocenters.